The van der Waals surface area contributed by atoms with Gasteiger partial charge in [0, 0.05) is 31.0 Å². The van der Waals surface area contributed by atoms with Crippen LogP contribution in [-0.2, 0) is 16.9 Å². The summed E-state index contributed by atoms with van der Waals surface area (Å²) in [6.45, 7) is 1.68. The van der Waals surface area contributed by atoms with Gasteiger partial charge in [0.25, 0.3) is 0 Å². The van der Waals surface area contributed by atoms with Crippen LogP contribution in [0.15, 0.2) is 54.7 Å². The molecule has 0 atom stereocenters. The summed E-state index contributed by atoms with van der Waals surface area (Å²) in [5.74, 6) is 6.77. The fourth-order valence-electron chi connectivity index (χ4n) is 5.10. The lowest BCUT2D eigenvalue weighted by molar-refractivity contribution is 0.0396. The van der Waals surface area contributed by atoms with E-state index >= 15 is 0 Å². The third-order valence-corrected chi connectivity index (χ3v) is 7.23. The molecule has 0 radical (unpaired) electrons. The second-order valence-corrected chi connectivity index (χ2v) is 10.2. The predicted molar refractivity (Wildman–Crippen MR) is 148 cm³/mol. The number of aromatic nitrogens is 3. The molecule has 1 saturated carbocycles. The third kappa shape index (κ3) is 6.52. The van der Waals surface area contributed by atoms with E-state index < -0.39 is 5.60 Å². The Balaban J connectivity index is 1.40. The van der Waals surface area contributed by atoms with Crippen molar-refractivity contribution < 1.29 is 9.84 Å². The van der Waals surface area contributed by atoms with E-state index in [1.54, 1.807) is 24.4 Å². The molecule has 6 N–H and O–H groups in total. The molecule has 3 heterocycles. The Morgan fingerprint density at radius 1 is 1.13 bits per heavy atom. The number of nitrogens with zero attached hydrogens (tertiary/aromatic N) is 5. The van der Waals surface area contributed by atoms with E-state index in [0.717, 1.165) is 49.8 Å². The Labute approximate surface area is 228 Å². The number of hydrogen-bond acceptors (Lipinski definition) is 10. The van der Waals surface area contributed by atoms with Crippen molar-refractivity contribution in [2.75, 3.05) is 18.5 Å². The molecule has 39 heavy (non-hydrogen) atoms. The van der Waals surface area contributed by atoms with Crippen molar-refractivity contribution >= 4 is 11.6 Å². The Bertz CT molecular complexity index is 1370. The molecule has 10 heteroatoms. The van der Waals surface area contributed by atoms with E-state index in [1.165, 1.54) is 5.01 Å². The Kier molecular flexibility index (Phi) is 8.02. The Morgan fingerprint density at radius 2 is 1.90 bits per heavy atom. The minimum Gasteiger partial charge on any atom is -0.396 e. The molecule has 0 bridgehead atoms. The largest absolute Gasteiger partial charge is 0.396 e. The van der Waals surface area contributed by atoms with Gasteiger partial charge in [0.2, 0.25) is 5.95 Å². The minimum atomic E-state index is -0.863. The molecule has 2 fully saturated rings. The molecule has 2 aliphatic rings. The Morgan fingerprint density at radius 3 is 2.67 bits per heavy atom. The van der Waals surface area contributed by atoms with Crippen LogP contribution in [0.3, 0.4) is 0 Å². The highest BCUT2D eigenvalue weighted by molar-refractivity contribution is 5.69. The smallest absolute Gasteiger partial charge is 0.224 e. The number of nitriles is 1. The highest BCUT2D eigenvalue weighted by Gasteiger charge is 2.34. The lowest BCUT2D eigenvalue weighted by Crippen LogP contribution is -2.29. The average Bonchev–Trinajstić information content (AvgIpc) is 3.41. The number of benzene rings is 1. The molecule has 0 unspecified atom stereocenters. The minimum absolute atomic E-state index is 0.191. The van der Waals surface area contributed by atoms with Gasteiger partial charge < -0.3 is 25.9 Å². The lowest BCUT2D eigenvalue weighted by atomic mass is 9.97. The van der Waals surface area contributed by atoms with E-state index in [0.29, 0.717) is 54.0 Å². The van der Waals surface area contributed by atoms with E-state index in [2.05, 4.69) is 21.4 Å². The van der Waals surface area contributed by atoms with Crippen LogP contribution < -0.4 is 16.9 Å². The number of nitrogens with one attached hydrogen (secondary N) is 1. The first-order chi connectivity index (χ1) is 18.9. The summed E-state index contributed by atoms with van der Waals surface area (Å²) in [5, 5.41) is 25.2. The Hall–Kier alpha value is -4.04. The van der Waals surface area contributed by atoms with Crippen molar-refractivity contribution in [3.05, 3.63) is 77.4 Å². The van der Waals surface area contributed by atoms with Gasteiger partial charge in [-0.1, -0.05) is 31.0 Å². The van der Waals surface area contributed by atoms with Gasteiger partial charge in [-0.2, -0.15) is 5.26 Å². The van der Waals surface area contributed by atoms with Crippen molar-refractivity contribution in [2.45, 2.75) is 56.7 Å². The van der Waals surface area contributed by atoms with E-state index in [1.807, 2.05) is 30.3 Å². The molecule has 1 aliphatic heterocycles. The highest BCUT2D eigenvalue weighted by atomic mass is 16.5. The maximum absolute atomic E-state index is 10.9. The average molecular weight is 527 g/mol. The molecule has 1 saturated heterocycles. The van der Waals surface area contributed by atoms with Crippen molar-refractivity contribution in [3.8, 4) is 17.3 Å². The molecule has 1 aliphatic carbocycles. The van der Waals surface area contributed by atoms with Crippen LogP contribution in [0.5, 0.6) is 0 Å². The first kappa shape index (κ1) is 26.6. The molecule has 5 rings (SSSR count). The van der Waals surface area contributed by atoms with Gasteiger partial charge in [-0.05, 0) is 56.0 Å². The summed E-state index contributed by atoms with van der Waals surface area (Å²) in [6.07, 6.45) is 6.77. The summed E-state index contributed by atoms with van der Waals surface area (Å²) in [4.78, 5) is 14.1. The monoisotopic (exact) mass is 526 g/mol. The number of anilines is 1. The number of rotatable bonds is 8. The zero-order valence-electron chi connectivity index (χ0n) is 21.9. The normalized spacial score (nSPS) is 17.5. The van der Waals surface area contributed by atoms with Crippen molar-refractivity contribution in [3.63, 3.8) is 0 Å². The zero-order chi connectivity index (χ0) is 27.2. The van der Waals surface area contributed by atoms with Gasteiger partial charge in [-0.25, -0.2) is 15.8 Å². The van der Waals surface area contributed by atoms with Gasteiger partial charge in [0.1, 0.15) is 5.60 Å². The van der Waals surface area contributed by atoms with Crippen LogP contribution >= 0.6 is 0 Å². The standard InChI is InChI=1S/C29H34N8O2/c30-17-20-5-3-6-21(15-20)25-16-26(36-28(35-25)34-22-9-13-39-14-10-22)24(31)19-37(32)18-23-7-4-8-27(33-23)29(38)11-1-2-12-29/h3-8,15-16,19,22,38H,1-2,9-14,18,31-32H2,(H,34,35,36)/b24-19-. The van der Waals surface area contributed by atoms with Gasteiger partial charge in [-0.15, -0.1) is 0 Å². The number of hydrazine groups is 1. The van der Waals surface area contributed by atoms with E-state index in [4.69, 9.17) is 21.3 Å². The topological polar surface area (TPSA) is 159 Å². The van der Waals surface area contributed by atoms with Crippen LogP contribution in [0.25, 0.3) is 17.0 Å². The van der Waals surface area contributed by atoms with Gasteiger partial charge in [-0.3, -0.25) is 4.98 Å². The second kappa shape index (κ2) is 11.8. The highest BCUT2D eigenvalue weighted by Crippen LogP contribution is 2.37. The van der Waals surface area contributed by atoms with Crippen molar-refractivity contribution in [1.29, 1.82) is 5.26 Å². The molecule has 202 valence electrons. The third-order valence-electron chi connectivity index (χ3n) is 7.23. The predicted octanol–water partition coefficient (Wildman–Crippen LogP) is 3.40. The molecule has 1 aromatic carbocycles. The maximum Gasteiger partial charge on any atom is 0.224 e. The maximum atomic E-state index is 10.9. The summed E-state index contributed by atoms with van der Waals surface area (Å²) in [6, 6.07) is 17.1. The first-order valence-corrected chi connectivity index (χ1v) is 13.3. The summed E-state index contributed by atoms with van der Waals surface area (Å²) < 4.78 is 5.47. The molecule has 3 aromatic rings. The second-order valence-electron chi connectivity index (χ2n) is 10.2. The fraction of sp³-hybridized carbons (Fsp3) is 0.379. The van der Waals surface area contributed by atoms with Crippen LogP contribution in [0, 0.1) is 11.3 Å². The first-order valence-electron chi connectivity index (χ1n) is 13.3. The molecule has 0 spiro atoms. The number of nitrogens with two attached hydrogens (primary N) is 2. The van der Waals surface area contributed by atoms with Crippen molar-refractivity contribution in [1.82, 2.24) is 20.0 Å². The summed E-state index contributed by atoms with van der Waals surface area (Å²) in [7, 11) is 0. The van der Waals surface area contributed by atoms with E-state index in [9.17, 15) is 10.4 Å². The quantitative estimate of drug-likeness (QED) is 0.253. The molecule has 10 nitrogen and oxygen atoms in total. The molecule has 0 amide bonds. The van der Waals surface area contributed by atoms with Crippen LogP contribution in [0.1, 0.15) is 61.2 Å². The number of hydrogen-bond donors (Lipinski definition) is 4. The fourth-order valence-corrected chi connectivity index (χ4v) is 5.10. The molecular weight excluding hydrogens is 492 g/mol. The lowest BCUT2D eigenvalue weighted by Gasteiger charge is -2.23. The van der Waals surface area contributed by atoms with Gasteiger partial charge >= 0.3 is 0 Å². The van der Waals surface area contributed by atoms with Crippen LogP contribution in [0.2, 0.25) is 0 Å². The van der Waals surface area contributed by atoms with Gasteiger partial charge in [0.05, 0.1) is 46.7 Å². The van der Waals surface area contributed by atoms with E-state index in [-0.39, 0.29) is 6.04 Å². The molecular formula is C29H34N8O2. The van der Waals surface area contributed by atoms with Crippen LogP contribution in [-0.4, -0.2) is 44.3 Å². The molecule has 2 aromatic heterocycles. The SMILES string of the molecule is N#Cc1cccc(-c2cc(/C(N)=C/N(N)Cc3cccc(C4(O)CCCC4)n3)nc(NC3CCOCC3)n2)c1. The van der Waals surface area contributed by atoms with Crippen molar-refractivity contribution in [2.24, 2.45) is 11.6 Å². The van der Waals surface area contributed by atoms with Crippen LogP contribution in [0.4, 0.5) is 5.95 Å². The summed E-state index contributed by atoms with van der Waals surface area (Å²) >= 11 is 0. The number of ether oxygens (including phenoxy) is 1. The summed E-state index contributed by atoms with van der Waals surface area (Å²) in [5.41, 5.74) is 9.89. The number of aliphatic hydroxyl groups is 1. The number of pyridine rings is 1. The van der Waals surface area contributed by atoms with Gasteiger partial charge in [0.15, 0.2) is 0 Å². The zero-order valence-corrected chi connectivity index (χ0v) is 21.9.